The van der Waals surface area contributed by atoms with E-state index >= 15 is 0 Å². The van der Waals surface area contributed by atoms with Crippen LogP contribution in [0.4, 0.5) is 5.69 Å². The van der Waals surface area contributed by atoms with Crippen LogP contribution in [0.2, 0.25) is 0 Å². The van der Waals surface area contributed by atoms with Crippen LogP contribution in [0.5, 0.6) is 0 Å². The molecule has 1 aliphatic heterocycles. The van der Waals surface area contributed by atoms with E-state index < -0.39 is 0 Å². The maximum Gasteiger partial charge on any atom is 0.130 e. The van der Waals surface area contributed by atoms with Gasteiger partial charge in [-0.1, -0.05) is 24.3 Å². The first-order valence-electron chi connectivity index (χ1n) is 5.02. The lowest BCUT2D eigenvalue weighted by Crippen LogP contribution is -2.13. The van der Waals surface area contributed by atoms with Gasteiger partial charge in [0.2, 0.25) is 0 Å². The second kappa shape index (κ2) is 3.02. The Bertz CT molecular complexity index is 509. The fourth-order valence-corrected chi connectivity index (χ4v) is 2.01. The van der Waals surface area contributed by atoms with Gasteiger partial charge < -0.3 is 10.4 Å². The van der Waals surface area contributed by atoms with Crippen LogP contribution in [-0.2, 0) is 0 Å². The van der Waals surface area contributed by atoms with Gasteiger partial charge in [0.1, 0.15) is 5.76 Å². The lowest BCUT2D eigenvalue weighted by Gasteiger charge is -2.24. The Hall–Kier alpha value is -1.96. The number of aliphatic hydroxyl groups is 1. The lowest BCUT2D eigenvalue weighted by atomic mass is 9.94. The number of anilines is 1. The molecular weight excluding hydrogens is 186 g/mol. The molecule has 0 unspecified atom stereocenters. The Morgan fingerprint density at radius 3 is 3.00 bits per heavy atom. The maximum atomic E-state index is 10.1. The maximum absolute atomic E-state index is 10.1. The average Bonchev–Trinajstić information content (AvgIpc) is 2.30. The van der Waals surface area contributed by atoms with Crippen LogP contribution in [-0.4, -0.2) is 5.11 Å². The second-order valence-corrected chi connectivity index (χ2v) is 3.71. The highest BCUT2D eigenvalue weighted by atomic mass is 16.3. The van der Waals surface area contributed by atoms with Gasteiger partial charge in [0.15, 0.2) is 0 Å². The summed E-state index contributed by atoms with van der Waals surface area (Å²) in [6.07, 6.45) is 6.84. The number of allylic oxidation sites excluding steroid dienone is 4. The summed E-state index contributed by atoms with van der Waals surface area (Å²) in [6.45, 7) is 0. The summed E-state index contributed by atoms with van der Waals surface area (Å²) in [5.41, 5.74) is 3.85. The molecule has 2 heteroatoms. The molecule has 15 heavy (non-hydrogen) atoms. The van der Waals surface area contributed by atoms with E-state index in [1.807, 2.05) is 42.5 Å². The molecule has 1 aliphatic carbocycles. The van der Waals surface area contributed by atoms with Gasteiger partial charge in [0.25, 0.3) is 0 Å². The summed E-state index contributed by atoms with van der Waals surface area (Å²) < 4.78 is 0. The van der Waals surface area contributed by atoms with Crippen molar-refractivity contribution in [3.63, 3.8) is 0 Å². The van der Waals surface area contributed by atoms with E-state index in [0.29, 0.717) is 5.76 Å². The van der Waals surface area contributed by atoms with Crippen molar-refractivity contribution in [2.24, 2.45) is 0 Å². The summed E-state index contributed by atoms with van der Waals surface area (Å²) in [4.78, 5) is 0. The number of nitrogens with one attached hydrogen (secondary N) is 1. The zero-order valence-electron chi connectivity index (χ0n) is 8.20. The van der Waals surface area contributed by atoms with E-state index in [4.69, 9.17) is 0 Å². The highest BCUT2D eigenvalue weighted by molar-refractivity contribution is 5.83. The van der Waals surface area contributed by atoms with Crippen LogP contribution in [0.3, 0.4) is 0 Å². The molecule has 0 amide bonds. The van der Waals surface area contributed by atoms with Crippen molar-refractivity contribution in [1.29, 1.82) is 0 Å². The molecule has 0 spiro atoms. The zero-order valence-corrected chi connectivity index (χ0v) is 8.20. The summed E-state index contributed by atoms with van der Waals surface area (Å²) in [6, 6.07) is 7.80. The third-order valence-electron chi connectivity index (χ3n) is 2.78. The Balaban J connectivity index is 2.23. The van der Waals surface area contributed by atoms with Crippen LogP contribution < -0.4 is 5.32 Å². The summed E-state index contributed by atoms with van der Waals surface area (Å²) in [5.74, 6) is 0.403. The van der Waals surface area contributed by atoms with Gasteiger partial charge in [-0.3, -0.25) is 0 Å². The van der Waals surface area contributed by atoms with E-state index in [9.17, 15) is 5.11 Å². The van der Waals surface area contributed by atoms with Gasteiger partial charge >= 0.3 is 0 Å². The fourth-order valence-electron chi connectivity index (χ4n) is 2.01. The predicted octanol–water partition coefficient (Wildman–Crippen LogP) is 3.23. The monoisotopic (exact) mass is 197 g/mol. The first-order valence-corrected chi connectivity index (χ1v) is 5.02. The second-order valence-electron chi connectivity index (χ2n) is 3.71. The van der Waals surface area contributed by atoms with Crippen molar-refractivity contribution in [2.75, 3.05) is 5.32 Å². The molecule has 1 heterocycles. The van der Waals surface area contributed by atoms with Crippen molar-refractivity contribution in [2.45, 2.75) is 6.42 Å². The van der Waals surface area contributed by atoms with Gasteiger partial charge in [-0.05, 0) is 24.6 Å². The predicted molar refractivity (Wildman–Crippen MR) is 61.5 cm³/mol. The molecule has 74 valence electrons. The molecule has 1 aromatic rings. The molecule has 3 rings (SSSR count). The molecule has 2 aliphatic rings. The number of benzene rings is 1. The van der Waals surface area contributed by atoms with E-state index in [1.165, 1.54) is 0 Å². The number of fused-ring (bicyclic) bond motifs is 2. The Kier molecular flexibility index (Phi) is 1.68. The minimum absolute atomic E-state index is 0.403. The van der Waals surface area contributed by atoms with Crippen molar-refractivity contribution >= 4 is 11.4 Å². The third-order valence-corrected chi connectivity index (χ3v) is 2.78. The highest BCUT2D eigenvalue weighted by Gasteiger charge is 2.21. The molecule has 2 nitrogen and oxygen atoms in total. The normalized spacial score (nSPS) is 17.7. The van der Waals surface area contributed by atoms with Crippen molar-refractivity contribution in [1.82, 2.24) is 0 Å². The number of para-hydroxylation sites is 1. The minimum atomic E-state index is 0.403. The van der Waals surface area contributed by atoms with E-state index in [2.05, 4.69) is 5.32 Å². The first-order chi connectivity index (χ1) is 7.36. The Morgan fingerprint density at radius 1 is 1.20 bits per heavy atom. The number of rotatable bonds is 0. The lowest BCUT2D eigenvalue weighted by molar-refractivity contribution is 0.505. The van der Waals surface area contributed by atoms with E-state index in [-0.39, 0.29) is 0 Å². The number of hydrogen-bond acceptors (Lipinski definition) is 2. The molecule has 0 saturated heterocycles. The van der Waals surface area contributed by atoms with Crippen LogP contribution in [0.15, 0.2) is 53.8 Å². The fraction of sp³-hybridized carbons (Fsp3) is 0.0769. The molecule has 0 radical (unpaired) electrons. The van der Waals surface area contributed by atoms with E-state index in [0.717, 1.165) is 28.9 Å². The molecule has 2 N–H and O–H groups in total. The smallest absolute Gasteiger partial charge is 0.130 e. The van der Waals surface area contributed by atoms with Gasteiger partial charge in [0, 0.05) is 22.5 Å². The number of aliphatic hydroxyl groups excluding tert-OH is 1. The standard InChI is InChI=1S/C13H11NO/c15-13-9-5-1-3-7-11(9)14-12-8-4-2-6-10(12)13/h1-5,7-8,14-15H,6H2. The van der Waals surface area contributed by atoms with Crippen molar-refractivity contribution < 1.29 is 5.11 Å². The van der Waals surface area contributed by atoms with E-state index in [1.54, 1.807) is 0 Å². The largest absolute Gasteiger partial charge is 0.507 e. The van der Waals surface area contributed by atoms with Crippen LogP contribution in [0, 0.1) is 0 Å². The molecule has 0 fully saturated rings. The molecule has 1 aromatic carbocycles. The number of hydrogen-bond donors (Lipinski definition) is 2. The summed E-state index contributed by atoms with van der Waals surface area (Å²) in [7, 11) is 0. The van der Waals surface area contributed by atoms with Gasteiger partial charge in [-0.25, -0.2) is 0 Å². The minimum Gasteiger partial charge on any atom is -0.507 e. The van der Waals surface area contributed by atoms with Gasteiger partial charge in [-0.2, -0.15) is 0 Å². The summed E-state index contributed by atoms with van der Waals surface area (Å²) >= 11 is 0. The third kappa shape index (κ3) is 1.18. The quantitative estimate of drug-likeness (QED) is 0.669. The molecule has 0 atom stereocenters. The van der Waals surface area contributed by atoms with Gasteiger partial charge in [0.05, 0.1) is 0 Å². The average molecular weight is 197 g/mol. The summed E-state index contributed by atoms with van der Waals surface area (Å²) in [5, 5.41) is 13.4. The SMILES string of the molecule is OC1=C2CC=CC=C2Nc2ccccc21. The zero-order chi connectivity index (χ0) is 10.3. The Morgan fingerprint density at radius 2 is 2.07 bits per heavy atom. The first kappa shape index (κ1) is 8.36. The van der Waals surface area contributed by atoms with Gasteiger partial charge in [-0.15, -0.1) is 0 Å². The van der Waals surface area contributed by atoms with Crippen LogP contribution >= 0.6 is 0 Å². The van der Waals surface area contributed by atoms with Crippen LogP contribution in [0.25, 0.3) is 5.76 Å². The van der Waals surface area contributed by atoms with Crippen molar-refractivity contribution in [3.05, 3.63) is 59.3 Å². The van der Waals surface area contributed by atoms with Crippen LogP contribution in [0.1, 0.15) is 12.0 Å². The molecule has 0 aromatic heterocycles. The molecule has 0 bridgehead atoms. The molecular formula is C13H11NO. The topological polar surface area (TPSA) is 32.3 Å². The molecule has 0 saturated carbocycles. The highest BCUT2D eigenvalue weighted by Crippen LogP contribution is 2.36. The Labute approximate surface area is 88.2 Å². The van der Waals surface area contributed by atoms with Crippen molar-refractivity contribution in [3.8, 4) is 0 Å².